The molecule has 0 aromatic heterocycles. The molecule has 2 rings (SSSR count). The molecule has 1 aromatic carbocycles. The van der Waals surface area contributed by atoms with E-state index < -0.39 is 0 Å². The monoisotopic (exact) mass is 442 g/mol. The van der Waals surface area contributed by atoms with Crippen molar-refractivity contribution in [3.63, 3.8) is 0 Å². The lowest BCUT2D eigenvalue weighted by molar-refractivity contribution is -0.132. The zero-order valence-electron chi connectivity index (χ0n) is 16.1. The van der Waals surface area contributed by atoms with E-state index in [-0.39, 0.29) is 18.4 Å². The molecule has 0 saturated carbocycles. The van der Waals surface area contributed by atoms with Gasteiger partial charge in [0, 0.05) is 30.7 Å². The number of ether oxygens (including phenoxy) is 3. The minimum absolute atomic E-state index is 0.0193. The predicted molar refractivity (Wildman–Crippen MR) is 105 cm³/mol. The van der Waals surface area contributed by atoms with Gasteiger partial charge in [0.2, 0.25) is 5.91 Å². The Kier molecular flexibility index (Phi) is 8.22. The lowest BCUT2D eigenvalue weighted by Crippen LogP contribution is -2.51. The molecule has 1 aliphatic rings. The van der Waals surface area contributed by atoms with Gasteiger partial charge in [0.1, 0.15) is 0 Å². The topological polar surface area (TPSA) is 68.3 Å². The zero-order valence-corrected chi connectivity index (χ0v) is 17.7. The van der Waals surface area contributed by atoms with Crippen LogP contribution in [0.5, 0.6) is 11.5 Å². The summed E-state index contributed by atoms with van der Waals surface area (Å²) in [6, 6.07) is 3.70. The highest BCUT2D eigenvalue weighted by Gasteiger charge is 2.25. The van der Waals surface area contributed by atoms with Crippen molar-refractivity contribution in [2.45, 2.75) is 27.2 Å². The summed E-state index contributed by atoms with van der Waals surface area (Å²) in [5.41, 5.74) is 0.847. The molecule has 1 aliphatic heterocycles. The largest absolute Gasteiger partial charge is 0.490 e. The van der Waals surface area contributed by atoms with Crippen LogP contribution in [-0.2, 0) is 16.0 Å². The zero-order chi connectivity index (χ0) is 19.8. The van der Waals surface area contributed by atoms with Crippen LogP contribution in [0, 0.1) is 0 Å². The Morgan fingerprint density at radius 3 is 2.04 bits per heavy atom. The minimum Gasteiger partial charge on any atom is -0.490 e. The van der Waals surface area contributed by atoms with Gasteiger partial charge in [0.15, 0.2) is 11.5 Å². The third kappa shape index (κ3) is 5.76. The fourth-order valence-electron chi connectivity index (χ4n) is 2.88. The van der Waals surface area contributed by atoms with Crippen molar-refractivity contribution in [1.29, 1.82) is 0 Å². The van der Waals surface area contributed by atoms with Crippen LogP contribution in [0.3, 0.4) is 0 Å². The molecule has 150 valence electrons. The van der Waals surface area contributed by atoms with Crippen molar-refractivity contribution in [3.05, 3.63) is 22.2 Å². The number of hydrogen-bond donors (Lipinski definition) is 0. The maximum atomic E-state index is 12.7. The molecule has 2 amide bonds. The van der Waals surface area contributed by atoms with Crippen molar-refractivity contribution in [2.24, 2.45) is 0 Å². The first-order valence-electron chi connectivity index (χ1n) is 9.27. The van der Waals surface area contributed by atoms with E-state index >= 15 is 0 Å². The number of nitrogens with zero attached hydrogens (tertiary/aromatic N) is 2. The Bertz CT molecular complexity index is 660. The Morgan fingerprint density at radius 1 is 0.926 bits per heavy atom. The van der Waals surface area contributed by atoms with E-state index in [0.29, 0.717) is 57.5 Å². The minimum atomic E-state index is -0.319. The molecule has 0 bridgehead atoms. The number of hydrogen-bond acceptors (Lipinski definition) is 5. The van der Waals surface area contributed by atoms with E-state index in [9.17, 15) is 9.59 Å². The SMILES string of the molecule is CCOC(=O)N1CCN(C(=O)Cc2cc(OCC)c(OCC)cc2Br)CC1. The number of rotatable bonds is 7. The third-order valence-corrected chi connectivity index (χ3v) is 4.95. The normalized spacial score (nSPS) is 14.1. The molecular weight excluding hydrogens is 416 g/mol. The maximum Gasteiger partial charge on any atom is 0.409 e. The quantitative estimate of drug-likeness (QED) is 0.648. The molecule has 0 N–H and O–H groups in total. The summed E-state index contributed by atoms with van der Waals surface area (Å²) >= 11 is 3.53. The highest BCUT2D eigenvalue weighted by Crippen LogP contribution is 2.34. The van der Waals surface area contributed by atoms with Gasteiger partial charge in [-0.05, 0) is 38.5 Å². The van der Waals surface area contributed by atoms with Gasteiger partial charge in [-0.25, -0.2) is 4.79 Å². The first-order valence-corrected chi connectivity index (χ1v) is 10.1. The molecule has 0 unspecified atom stereocenters. The number of amides is 2. The average molecular weight is 443 g/mol. The van der Waals surface area contributed by atoms with Crippen LogP contribution in [-0.4, -0.2) is 67.8 Å². The van der Waals surface area contributed by atoms with Crippen molar-refractivity contribution in [3.8, 4) is 11.5 Å². The number of carbonyl (C=O) groups excluding carboxylic acids is 2. The molecule has 1 aromatic rings. The lowest BCUT2D eigenvalue weighted by atomic mass is 10.1. The standard InChI is InChI=1S/C19H27BrN2O5/c1-4-25-16-11-14(15(20)13-17(16)26-5-2)12-18(23)21-7-9-22(10-8-21)19(24)27-6-3/h11,13H,4-10,12H2,1-3H3. The molecule has 0 aliphatic carbocycles. The Labute approximate surface area is 168 Å². The summed E-state index contributed by atoms with van der Waals surface area (Å²) in [4.78, 5) is 27.9. The summed E-state index contributed by atoms with van der Waals surface area (Å²) in [5.74, 6) is 1.31. The van der Waals surface area contributed by atoms with E-state index in [2.05, 4.69) is 15.9 Å². The van der Waals surface area contributed by atoms with Crippen LogP contribution in [0.4, 0.5) is 4.79 Å². The predicted octanol–water partition coefficient (Wildman–Crippen LogP) is 3.09. The Hall–Kier alpha value is -1.96. The summed E-state index contributed by atoms with van der Waals surface area (Å²) in [5, 5.41) is 0. The van der Waals surface area contributed by atoms with Crippen molar-refractivity contribution < 1.29 is 23.8 Å². The van der Waals surface area contributed by atoms with Crippen LogP contribution in [0.15, 0.2) is 16.6 Å². The van der Waals surface area contributed by atoms with E-state index in [1.807, 2.05) is 26.0 Å². The second kappa shape index (κ2) is 10.4. The van der Waals surface area contributed by atoms with Gasteiger partial charge in [-0.3, -0.25) is 4.79 Å². The first-order chi connectivity index (χ1) is 13.0. The smallest absolute Gasteiger partial charge is 0.409 e. The van der Waals surface area contributed by atoms with Crippen LogP contribution >= 0.6 is 15.9 Å². The molecule has 1 saturated heterocycles. The average Bonchev–Trinajstić information content (AvgIpc) is 2.66. The summed E-state index contributed by atoms with van der Waals surface area (Å²) in [6.07, 6.45) is -0.0628. The highest BCUT2D eigenvalue weighted by molar-refractivity contribution is 9.10. The van der Waals surface area contributed by atoms with Crippen molar-refractivity contribution in [2.75, 3.05) is 46.0 Å². The summed E-state index contributed by atoms with van der Waals surface area (Å²) in [6.45, 7) is 8.99. The van der Waals surface area contributed by atoms with Gasteiger partial charge in [-0.1, -0.05) is 15.9 Å². The van der Waals surface area contributed by atoms with Crippen molar-refractivity contribution >= 4 is 27.9 Å². The lowest BCUT2D eigenvalue weighted by Gasteiger charge is -2.34. The number of halogens is 1. The molecule has 27 heavy (non-hydrogen) atoms. The first kappa shape index (κ1) is 21.3. The fraction of sp³-hybridized carbons (Fsp3) is 0.579. The van der Waals surface area contributed by atoms with Crippen molar-refractivity contribution in [1.82, 2.24) is 9.80 Å². The molecule has 8 heteroatoms. The number of carbonyl (C=O) groups is 2. The van der Waals surface area contributed by atoms with Gasteiger partial charge in [0.25, 0.3) is 0 Å². The van der Waals surface area contributed by atoms with E-state index in [1.165, 1.54) is 0 Å². The molecule has 7 nitrogen and oxygen atoms in total. The maximum absolute atomic E-state index is 12.7. The molecule has 1 fully saturated rings. The third-order valence-electron chi connectivity index (χ3n) is 4.21. The van der Waals surface area contributed by atoms with E-state index in [0.717, 1.165) is 10.0 Å². The van der Waals surface area contributed by atoms with Crippen LogP contribution in [0.2, 0.25) is 0 Å². The van der Waals surface area contributed by atoms with Gasteiger partial charge < -0.3 is 24.0 Å². The van der Waals surface area contributed by atoms with Gasteiger partial charge in [-0.15, -0.1) is 0 Å². The van der Waals surface area contributed by atoms with Gasteiger partial charge in [0.05, 0.1) is 26.2 Å². The number of piperazine rings is 1. The van der Waals surface area contributed by atoms with Gasteiger partial charge in [-0.2, -0.15) is 0 Å². The summed E-state index contributed by atoms with van der Waals surface area (Å²) < 4.78 is 17.1. The second-order valence-electron chi connectivity index (χ2n) is 6.00. The molecule has 0 radical (unpaired) electrons. The van der Waals surface area contributed by atoms with Crippen LogP contribution in [0.1, 0.15) is 26.3 Å². The van der Waals surface area contributed by atoms with E-state index in [4.69, 9.17) is 14.2 Å². The second-order valence-corrected chi connectivity index (χ2v) is 6.85. The van der Waals surface area contributed by atoms with Gasteiger partial charge >= 0.3 is 6.09 Å². The molecular formula is C19H27BrN2O5. The molecule has 0 atom stereocenters. The fourth-order valence-corrected chi connectivity index (χ4v) is 3.34. The van der Waals surface area contributed by atoms with E-state index in [1.54, 1.807) is 16.7 Å². The number of benzene rings is 1. The van der Waals surface area contributed by atoms with Crippen LogP contribution < -0.4 is 9.47 Å². The Balaban J connectivity index is 2.01. The Morgan fingerprint density at radius 2 is 1.48 bits per heavy atom. The molecule has 0 spiro atoms. The van der Waals surface area contributed by atoms with Crippen LogP contribution in [0.25, 0.3) is 0 Å². The molecule has 1 heterocycles. The summed E-state index contributed by atoms with van der Waals surface area (Å²) in [7, 11) is 0. The highest BCUT2D eigenvalue weighted by atomic mass is 79.9.